The number of hydrogen-bond donors (Lipinski definition) is 2. The zero-order chi connectivity index (χ0) is 14.9. The van der Waals surface area contributed by atoms with Crippen molar-refractivity contribution < 1.29 is 9.26 Å². The molecule has 0 aliphatic heterocycles. The van der Waals surface area contributed by atoms with Crippen LogP contribution in [0.3, 0.4) is 0 Å². The molecule has 7 nitrogen and oxygen atoms in total. The summed E-state index contributed by atoms with van der Waals surface area (Å²) in [6, 6.07) is 1.67. The van der Waals surface area contributed by atoms with Crippen LogP contribution in [0.1, 0.15) is 45.4 Å². The van der Waals surface area contributed by atoms with Crippen LogP contribution in [0, 0.1) is 5.92 Å². The molecule has 0 spiro atoms. The summed E-state index contributed by atoms with van der Waals surface area (Å²) in [6.07, 6.45) is 4.07. The molecular weight excluding hydrogens is 270 g/mol. The summed E-state index contributed by atoms with van der Waals surface area (Å²) in [4.78, 5) is 4.50. The van der Waals surface area contributed by atoms with Crippen LogP contribution in [-0.2, 0) is 10.3 Å². The lowest BCUT2D eigenvalue weighted by Gasteiger charge is -2.36. The molecule has 3 N–H and O–H groups in total. The van der Waals surface area contributed by atoms with Crippen LogP contribution >= 0.6 is 0 Å². The van der Waals surface area contributed by atoms with Gasteiger partial charge in [-0.3, -0.25) is 5.10 Å². The number of nitrogen functional groups attached to an aromatic ring is 1. The molecule has 3 rings (SSSR count). The summed E-state index contributed by atoms with van der Waals surface area (Å²) >= 11 is 0. The molecule has 1 aliphatic rings. The van der Waals surface area contributed by atoms with Gasteiger partial charge in [-0.15, -0.1) is 0 Å². The first-order chi connectivity index (χ1) is 10.1. The quantitative estimate of drug-likeness (QED) is 0.897. The second-order valence-electron chi connectivity index (χ2n) is 5.74. The smallest absolute Gasteiger partial charge is 0.276 e. The lowest BCUT2D eigenvalue weighted by molar-refractivity contribution is -0.0847. The average molecular weight is 291 g/mol. The van der Waals surface area contributed by atoms with E-state index in [1.165, 1.54) is 0 Å². The van der Waals surface area contributed by atoms with E-state index in [-0.39, 0.29) is 0 Å². The highest BCUT2D eigenvalue weighted by atomic mass is 16.5. The van der Waals surface area contributed by atoms with Crippen LogP contribution < -0.4 is 5.73 Å². The number of rotatable bonds is 4. The minimum absolute atomic E-state index is 0.395. The number of H-pyrrole nitrogens is 1. The zero-order valence-corrected chi connectivity index (χ0v) is 12.4. The van der Waals surface area contributed by atoms with Gasteiger partial charge in [-0.05, 0) is 38.5 Å². The van der Waals surface area contributed by atoms with Gasteiger partial charge in [-0.2, -0.15) is 10.1 Å². The first kappa shape index (κ1) is 14.1. The van der Waals surface area contributed by atoms with Crippen molar-refractivity contribution >= 4 is 5.82 Å². The van der Waals surface area contributed by atoms with E-state index in [2.05, 4.69) is 27.3 Å². The van der Waals surface area contributed by atoms with Gasteiger partial charge < -0.3 is 15.0 Å². The van der Waals surface area contributed by atoms with E-state index in [4.69, 9.17) is 15.0 Å². The number of hydrogen-bond acceptors (Lipinski definition) is 6. The third kappa shape index (κ3) is 2.65. The molecule has 0 atom stereocenters. The van der Waals surface area contributed by atoms with Crippen LogP contribution in [0.4, 0.5) is 5.82 Å². The molecule has 1 fully saturated rings. The maximum atomic E-state index is 6.02. The van der Waals surface area contributed by atoms with Crippen molar-refractivity contribution in [2.75, 3.05) is 12.3 Å². The van der Waals surface area contributed by atoms with Crippen molar-refractivity contribution in [3.05, 3.63) is 11.9 Å². The van der Waals surface area contributed by atoms with E-state index in [0.29, 0.717) is 29.8 Å². The molecule has 2 aromatic heterocycles. The SMILES string of the molecule is CCOC1(c2noc(-c3cc(N)n[nH]3)n2)CCC(C)CC1. The van der Waals surface area contributed by atoms with Crippen molar-refractivity contribution in [2.45, 2.75) is 45.1 Å². The molecular formula is C14H21N5O2. The Morgan fingerprint density at radius 3 is 2.86 bits per heavy atom. The van der Waals surface area contributed by atoms with Crippen LogP contribution in [0.2, 0.25) is 0 Å². The number of aromatic nitrogens is 4. The van der Waals surface area contributed by atoms with Gasteiger partial charge in [-0.25, -0.2) is 0 Å². The molecule has 7 heteroatoms. The fourth-order valence-electron chi connectivity index (χ4n) is 2.90. The molecule has 21 heavy (non-hydrogen) atoms. The van der Waals surface area contributed by atoms with Gasteiger partial charge in [0.05, 0.1) is 0 Å². The van der Waals surface area contributed by atoms with Crippen molar-refractivity contribution in [3.8, 4) is 11.6 Å². The maximum absolute atomic E-state index is 6.02. The maximum Gasteiger partial charge on any atom is 0.276 e. The second-order valence-corrected chi connectivity index (χ2v) is 5.74. The van der Waals surface area contributed by atoms with Crippen molar-refractivity contribution in [2.24, 2.45) is 5.92 Å². The number of nitrogens with two attached hydrogens (primary N) is 1. The first-order valence-electron chi connectivity index (χ1n) is 7.42. The Morgan fingerprint density at radius 2 is 2.24 bits per heavy atom. The largest absolute Gasteiger partial charge is 0.382 e. The van der Waals surface area contributed by atoms with Crippen molar-refractivity contribution in [1.29, 1.82) is 0 Å². The standard InChI is InChI=1S/C14H21N5O2/c1-3-20-14(6-4-9(2)5-7-14)13-16-12(21-19-13)10-8-11(15)18-17-10/h8-9H,3-7H2,1-2H3,(H3,15,17,18). The number of anilines is 1. The number of nitrogens with one attached hydrogen (secondary N) is 1. The molecule has 1 saturated carbocycles. The Hall–Kier alpha value is -1.89. The number of ether oxygens (including phenoxy) is 1. The summed E-state index contributed by atoms with van der Waals surface area (Å²) in [7, 11) is 0. The van der Waals surface area contributed by atoms with Crippen LogP contribution in [0.15, 0.2) is 10.6 Å². The highest BCUT2D eigenvalue weighted by Gasteiger charge is 2.41. The molecule has 2 heterocycles. The lowest BCUT2D eigenvalue weighted by atomic mass is 9.79. The molecule has 0 amide bonds. The predicted octanol–water partition coefficient (Wildman–Crippen LogP) is 2.48. The fraction of sp³-hybridized carbons (Fsp3) is 0.643. The first-order valence-corrected chi connectivity index (χ1v) is 7.42. The van der Waals surface area contributed by atoms with E-state index in [1.807, 2.05) is 6.92 Å². The topological polar surface area (TPSA) is 103 Å². The highest BCUT2D eigenvalue weighted by molar-refractivity contribution is 5.51. The molecule has 0 radical (unpaired) electrons. The summed E-state index contributed by atoms with van der Waals surface area (Å²) in [5.41, 5.74) is 5.80. The van der Waals surface area contributed by atoms with Gasteiger partial charge in [0.2, 0.25) is 5.82 Å². The molecule has 0 saturated heterocycles. The van der Waals surface area contributed by atoms with Gasteiger partial charge in [-0.1, -0.05) is 12.1 Å². The summed E-state index contributed by atoms with van der Waals surface area (Å²) in [5.74, 6) is 2.14. The molecule has 0 bridgehead atoms. The number of aromatic amines is 1. The van der Waals surface area contributed by atoms with E-state index in [9.17, 15) is 0 Å². The number of nitrogens with zero attached hydrogens (tertiary/aromatic N) is 3. The van der Waals surface area contributed by atoms with E-state index >= 15 is 0 Å². The lowest BCUT2D eigenvalue weighted by Crippen LogP contribution is -2.35. The molecule has 2 aromatic rings. The molecule has 0 aromatic carbocycles. The van der Waals surface area contributed by atoms with Crippen molar-refractivity contribution in [1.82, 2.24) is 20.3 Å². The fourth-order valence-corrected chi connectivity index (χ4v) is 2.90. The average Bonchev–Trinajstić information content (AvgIpc) is 3.11. The van der Waals surface area contributed by atoms with Gasteiger partial charge in [0, 0.05) is 12.7 Å². The van der Waals surface area contributed by atoms with Gasteiger partial charge in [0.15, 0.2) is 0 Å². The van der Waals surface area contributed by atoms with E-state index in [1.54, 1.807) is 6.07 Å². The van der Waals surface area contributed by atoms with Gasteiger partial charge >= 0.3 is 0 Å². The Morgan fingerprint density at radius 1 is 1.48 bits per heavy atom. The van der Waals surface area contributed by atoms with Crippen LogP contribution in [0.5, 0.6) is 0 Å². The third-order valence-corrected chi connectivity index (χ3v) is 4.16. The Kier molecular flexibility index (Phi) is 3.67. The highest BCUT2D eigenvalue weighted by Crippen LogP contribution is 2.41. The van der Waals surface area contributed by atoms with E-state index in [0.717, 1.165) is 31.6 Å². The third-order valence-electron chi connectivity index (χ3n) is 4.16. The van der Waals surface area contributed by atoms with Crippen molar-refractivity contribution in [3.63, 3.8) is 0 Å². The predicted molar refractivity (Wildman–Crippen MR) is 77.2 cm³/mol. The normalized spacial score (nSPS) is 26.1. The minimum atomic E-state index is -0.422. The van der Waals surface area contributed by atoms with E-state index < -0.39 is 5.60 Å². The monoisotopic (exact) mass is 291 g/mol. The van der Waals surface area contributed by atoms with Gasteiger partial charge in [0.25, 0.3) is 5.89 Å². The van der Waals surface area contributed by atoms with Crippen LogP contribution in [0.25, 0.3) is 11.6 Å². The zero-order valence-electron chi connectivity index (χ0n) is 12.4. The summed E-state index contributed by atoms with van der Waals surface area (Å²) < 4.78 is 11.4. The Balaban J connectivity index is 1.88. The van der Waals surface area contributed by atoms with Crippen LogP contribution in [-0.4, -0.2) is 26.9 Å². The second kappa shape index (κ2) is 5.48. The van der Waals surface area contributed by atoms with Gasteiger partial charge in [0.1, 0.15) is 17.1 Å². The Bertz CT molecular complexity index is 598. The summed E-state index contributed by atoms with van der Waals surface area (Å²) in [6.45, 7) is 4.90. The Labute approximate surface area is 123 Å². The minimum Gasteiger partial charge on any atom is -0.382 e. The molecule has 114 valence electrons. The molecule has 0 unspecified atom stereocenters. The molecule has 1 aliphatic carbocycles. The summed E-state index contributed by atoms with van der Waals surface area (Å²) in [5, 5.41) is 10.8.